The quantitative estimate of drug-likeness (QED) is 0.751. The molecule has 0 saturated carbocycles. The Hall–Kier alpha value is -1.68. The predicted octanol–water partition coefficient (Wildman–Crippen LogP) is 1.56. The van der Waals surface area contributed by atoms with Gasteiger partial charge < -0.3 is 10.4 Å². The molecule has 1 aromatic rings. The van der Waals surface area contributed by atoms with Crippen LogP contribution in [0.25, 0.3) is 0 Å². The average Bonchev–Trinajstić information content (AvgIpc) is 2.29. The van der Waals surface area contributed by atoms with Crippen molar-refractivity contribution in [3.63, 3.8) is 0 Å². The zero-order chi connectivity index (χ0) is 13.7. The van der Waals surface area contributed by atoms with Gasteiger partial charge in [-0.25, -0.2) is 4.79 Å². The third kappa shape index (κ3) is 4.30. The summed E-state index contributed by atoms with van der Waals surface area (Å²) in [6.07, 6.45) is 0.392. The molecule has 0 amide bonds. The Bertz CT molecular complexity index is 423. The molecule has 1 rings (SSSR count). The predicted molar refractivity (Wildman–Crippen MR) is 69.6 cm³/mol. The van der Waals surface area contributed by atoms with E-state index in [2.05, 4.69) is 5.32 Å². The van der Waals surface area contributed by atoms with Crippen molar-refractivity contribution in [2.24, 2.45) is 0 Å². The van der Waals surface area contributed by atoms with Gasteiger partial charge >= 0.3 is 5.97 Å². The lowest BCUT2D eigenvalue weighted by atomic mass is 10.0. The van der Waals surface area contributed by atoms with E-state index in [0.717, 1.165) is 11.1 Å². The van der Waals surface area contributed by atoms with Crippen LogP contribution in [0.2, 0.25) is 0 Å². The van der Waals surface area contributed by atoms with Gasteiger partial charge in [0.05, 0.1) is 6.04 Å². The molecule has 0 aliphatic heterocycles. The summed E-state index contributed by atoms with van der Waals surface area (Å²) >= 11 is 0. The molecule has 4 heteroatoms. The number of carbonyl (C=O) groups is 2. The summed E-state index contributed by atoms with van der Waals surface area (Å²) in [5.41, 5.74) is 2.09. The Morgan fingerprint density at radius 1 is 1.22 bits per heavy atom. The Labute approximate surface area is 107 Å². The van der Waals surface area contributed by atoms with Crippen molar-refractivity contribution in [3.05, 3.63) is 35.4 Å². The van der Waals surface area contributed by atoms with E-state index in [-0.39, 0.29) is 6.04 Å². The number of aryl methyl sites for hydroxylation is 1. The van der Waals surface area contributed by atoms with Gasteiger partial charge in [0.15, 0.2) is 0 Å². The maximum absolute atomic E-state index is 11.6. The SMILES string of the molecule is Cc1ccc(C[C@H](NC(C)C)C(=O)C(=O)O)cc1. The number of hydrogen-bond acceptors (Lipinski definition) is 3. The monoisotopic (exact) mass is 249 g/mol. The van der Waals surface area contributed by atoms with Crippen LogP contribution in [0.15, 0.2) is 24.3 Å². The third-order valence-electron chi connectivity index (χ3n) is 2.62. The standard InChI is InChI=1S/C14H19NO3/c1-9(2)15-12(13(16)14(17)18)8-11-6-4-10(3)5-7-11/h4-7,9,12,15H,8H2,1-3H3,(H,17,18)/t12-/m0/s1. The maximum atomic E-state index is 11.6. The largest absolute Gasteiger partial charge is 0.475 e. The maximum Gasteiger partial charge on any atom is 0.373 e. The summed E-state index contributed by atoms with van der Waals surface area (Å²) in [7, 11) is 0. The van der Waals surface area contributed by atoms with Gasteiger partial charge in [0.2, 0.25) is 0 Å². The molecular weight excluding hydrogens is 230 g/mol. The van der Waals surface area contributed by atoms with Gasteiger partial charge in [0, 0.05) is 6.04 Å². The normalized spacial score (nSPS) is 12.4. The average molecular weight is 249 g/mol. The first kappa shape index (κ1) is 14.4. The summed E-state index contributed by atoms with van der Waals surface area (Å²) in [6, 6.07) is 7.12. The number of carboxylic acid groups (broad SMARTS) is 1. The van der Waals surface area contributed by atoms with E-state index in [1.54, 1.807) is 0 Å². The second-order valence-electron chi connectivity index (χ2n) is 4.73. The molecule has 0 unspecified atom stereocenters. The fourth-order valence-corrected chi connectivity index (χ4v) is 1.74. The molecule has 98 valence electrons. The number of carbonyl (C=O) groups excluding carboxylic acids is 1. The summed E-state index contributed by atoms with van der Waals surface area (Å²) in [5.74, 6) is -2.18. The highest BCUT2D eigenvalue weighted by atomic mass is 16.4. The molecule has 0 heterocycles. The topological polar surface area (TPSA) is 66.4 Å². The van der Waals surface area contributed by atoms with E-state index in [4.69, 9.17) is 5.11 Å². The highest BCUT2D eigenvalue weighted by molar-refractivity contribution is 6.34. The molecule has 0 bridgehead atoms. The van der Waals surface area contributed by atoms with E-state index in [0.29, 0.717) is 6.42 Å². The zero-order valence-corrected chi connectivity index (χ0v) is 10.9. The zero-order valence-electron chi connectivity index (χ0n) is 10.9. The van der Waals surface area contributed by atoms with Gasteiger partial charge in [-0.2, -0.15) is 0 Å². The van der Waals surface area contributed by atoms with Crippen LogP contribution in [-0.2, 0) is 16.0 Å². The summed E-state index contributed by atoms with van der Waals surface area (Å²) in [5, 5.41) is 11.8. The van der Waals surface area contributed by atoms with Crippen molar-refractivity contribution in [1.29, 1.82) is 0 Å². The first-order valence-corrected chi connectivity index (χ1v) is 5.99. The molecule has 0 saturated heterocycles. The fraction of sp³-hybridized carbons (Fsp3) is 0.429. The van der Waals surface area contributed by atoms with E-state index in [9.17, 15) is 9.59 Å². The van der Waals surface area contributed by atoms with Gasteiger partial charge in [0.25, 0.3) is 5.78 Å². The van der Waals surface area contributed by atoms with Crippen LogP contribution in [0.1, 0.15) is 25.0 Å². The number of hydrogen-bond donors (Lipinski definition) is 2. The van der Waals surface area contributed by atoms with E-state index in [1.165, 1.54) is 0 Å². The first-order chi connectivity index (χ1) is 8.40. The van der Waals surface area contributed by atoms with Crippen molar-refractivity contribution in [2.75, 3.05) is 0 Å². The summed E-state index contributed by atoms with van der Waals surface area (Å²) < 4.78 is 0. The van der Waals surface area contributed by atoms with Gasteiger partial charge in [-0.1, -0.05) is 43.7 Å². The molecule has 0 spiro atoms. The number of benzene rings is 1. The summed E-state index contributed by atoms with van der Waals surface area (Å²) in [4.78, 5) is 22.4. The Kier molecular flexibility index (Phi) is 5.04. The number of nitrogens with one attached hydrogen (secondary N) is 1. The molecule has 0 aliphatic carbocycles. The molecule has 18 heavy (non-hydrogen) atoms. The van der Waals surface area contributed by atoms with Crippen LogP contribution >= 0.6 is 0 Å². The van der Waals surface area contributed by atoms with Gasteiger partial charge in [-0.15, -0.1) is 0 Å². The second-order valence-corrected chi connectivity index (χ2v) is 4.73. The minimum atomic E-state index is -1.39. The lowest BCUT2D eigenvalue weighted by Gasteiger charge is -2.18. The number of aliphatic carboxylic acids is 1. The highest BCUT2D eigenvalue weighted by Crippen LogP contribution is 2.07. The lowest BCUT2D eigenvalue weighted by molar-refractivity contribution is -0.150. The Morgan fingerprint density at radius 3 is 2.22 bits per heavy atom. The van der Waals surface area contributed by atoms with Crippen molar-refractivity contribution in [2.45, 2.75) is 39.3 Å². The third-order valence-corrected chi connectivity index (χ3v) is 2.62. The molecular formula is C14H19NO3. The van der Waals surface area contributed by atoms with Crippen molar-refractivity contribution in [1.82, 2.24) is 5.32 Å². The van der Waals surface area contributed by atoms with Crippen LogP contribution in [0, 0.1) is 6.92 Å². The minimum Gasteiger partial charge on any atom is -0.475 e. The molecule has 0 aliphatic rings. The summed E-state index contributed by atoms with van der Waals surface area (Å²) in [6.45, 7) is 5.75. The van der Waals surface area contributed by atoms with Crippen LogP contribution in [0.5, 0.6) is 0 Å². The molecule has 2 N–H and O–H groups in total. The van der Waals surface area contributed by atoms with Crippen molar-refractivity contribution >= 4 is 11.8 Å². The molecule has 0 radical (unpaired) electrons. The molecule has 1 aromatic carbocycles. The minimum absolute atomic E-state index is 0.0590. The van der Waals surface area contributed by atoms with E-state index in [1.807, 2.05) is 45.0 Å². The lowest BCUT2D eigenvalue weighted by Crippen LogP contribution is -2.45. The van der Waals surface area contributed by atoms with Crippen LogP contribution < -0.4 is 5.32 Å². The van der Waals surface area contributed by atoms with Crippen molar-refractivity contribution < 1.29 is 14.7 Å². The molecule has 1 atom stereocenters. The highest BCUT2D eigenvalue weighted by Gasteiger charge is 2.25. The van der Waals surface area contributed by atoms with Gasteiger partial charge in [0.1, 0.15) is 0 Å². The van der Waals surface area contributed by atoms with Crippen LogP contribution in [0.4, 0.5) is 0 Å². The first-order valence-electron chi connectivity index (χ1n) is 5.99. The van der Waals surface area contributed by atoms with Gasteiger partial charge in [-0.3, -0.25) is 4.79 Å². The molecule has 4 nitrogen and oxygen atoms in total. The Morgan fingerprint density at radius 2 is 1.78 bits per heavy atom. The van der Waals surface area contributed by atoms with Crippen molar-refractivity contribution in [3.8, 4) is 0 Å². The smallest absolute Gasteiger partial charge is 0.373 e. The van der Waals surface area contributed by atoms with Gasteiger partial charge in [-0.05, 0) is 18.9 Å². The van der Waals surface area contributed by atoms with Crippen LogP contribution in [0.3, 0.4) is 0 Å². The fourth-order valence-electron chi connectivity index (χ4n) is 1.74. The number of Topliss-reactive ketones (excluding diaryl/α,β-unsaturated/α-hetero) is 1. The molecule has 0 fully saturated rings. The number of ketones is 1. The van der Waals surface area contributed by atoms with Crippen LogP contribution in [-0.4, -0.2) is 28.9 Å². The van der Waals surface area contributed by atoms with E-state index < -0.39 is 17.8 Å². The number of rotatable bonds is 6. The molecule has 0 aromatic heterocycles. The second kappa shape index (κ2) is 6.31. The van der Waals surface area contributed by atoms with E-state index >= 15 is 0 Å². The Balaban J connectivity index is 2.81. The number of carboxylic acids is 1.